The topological polar surface area (TPSA) is 93.0 Å². The SMILES string of the molecule is CC(C)c1nc2ccc(OCCC(=O)NCCN)cc2[nH]1. The Labute approximate surface area is 124 Å². The summed E-state index contributed by atoms with van der Waals surface area (Å²) in [6.07, 6.45) is 0.318. The van der Waals surface area contributed by atoms with Crippen molar-refractivity contribution in [1.82, 2.24) is 15.3 Å². The number of fused-ring (bicyclic) bond motifs is 1. The molecule has 1 aromatic carbocycles. The molecule has 1 heterocycles. The Hall–Kier alpha value is -2.08. The molecule has 0 saturated heterocycles. The molecule has 0 atom stereocenters. The van der Waals surface area contributed by atoms with Gasteiger partial charge in [0.05, 0.1) is 24.1 Å². The van der Waals surface area contributed by atoms with E-state index in [1.165, 1.54) is 0 Å². The zero-order chi connectivity index (χ0) is 15.2. The van der Waals surface area contributed by atoms with Crippen molar-refractivity contribution in [1.29, 1.82) is 0 Å². The van der Waals surface area contributed by atoms with Gasteiger partial charge in [-0.1, -0.05) is 13.8 Å². The highest BCUT2D eigenvalue weighted by molar-refractivity contribution is 5.77. The molecule has 0 fully saturated rings. The van der Waals surface area contributed by atoms with Crippen LogP contribution in [0.5, 0.6) is 5.75 Å². The van der Waals surface area contributed by atoms with Crippen molar-refractivity contribution in [3.8, 4) is 5.75 Å². The van der Waals surface area contributed by atoms with Gasteiger partial charge in [-0.25, -0.2) is 4.98 Å². The summed E-state index contributed by atoms with van der Waals surface area (Å²) in [5.74, 6) is 1.99. The fraction of sp³-hybridized carbons (Fsp3) is 0.467. The molecule has 0 aliphatic heterocycles. The Morgan fingerprint density at radius 1 is 1.48 bits per heavy atom. The predicted octanol–water partition coefficient (Wildman–Crippen LogP) is 1.53. The van der Waals surface area contributed by atoms with Gasteiger partial charge in [-0.05, 0) is 12.1 Å². The summed E-state index contributed by atoms with van der Waals surface area (Å²) in [4.78, 5) is 19.2. The average Bonchev–Trinajstić information content (AvgIpc) is 2.88. The highest BCUT2D eigenvalue weighted by Crippen LogP contribution is 2.21. The van der Waals surface area contributed by atoms with Gasteiger partial charge < -0.3 is 20.8 Å². The first-order valence-electron chi connectivity index (χ1n) is 7.19. The molecule has 6 nitrogen and oxygen atoms in total. The van der Waals surface area contributed by atoms with E-state index < -0.39 is 0 Å². The average molecular weight is 290 g/mol. The molecule has 0 spiro atoms. The monoisotopic (exact) mass is 290 g/mol. The second kappa shape index (κ2) is 7.08. The quantitative estimate of drug-likeness (QED) is 0.721. The van der Waals surface area contributed by atoms with Gasteiger partial charge in [0.15, 0.2) is 0 Å². The molecular formula is C15H22N4O2. The first-order valence-corrected chi connectivity index (χ1v) is 7.19. The maximum Gasteiger partial charge on any atom is 0.223 e. The van der Waals surface area contributed by atoms with E-state index in [0.717, 1.165) is 22.6 Å². The van der Waals surface area contributed by atoms with Gasteiger partial charge >= 0.3 is 0 Å². The van der Waals surface area contributed by atoms with Crippen LogP contribution in [0.4, 0.5) is 0 Å². The van der Waals surface area contributed by atoms with Crippen LogP contribution < -0.4 is 15.8 Å². The van der Waals surface area contributed by atoms with E-state index in [-0.39, 0.29) is 5.91 Å². The van der Waals surface area contributed by atoms with Crippen molar-refractivity contribution in [3.63, 3.8) is 0 Å². The number of rotatable bonds is 7. The van der Waals surface area contributed by atoms with Crippen LogP contribution in [0.2, 0.25) is 0 Å². The fourth-order valence-corrected chi connectivity index (χ4v) is 1.93. The third kappa shape index (κ3) is 4.19. The van der Waals surface area contributed by atoms with Crippen LogP contribution in [0, 0.1) is 0 Å². The molecule has 0 aliphatic rings. The molecule has 114 valence electrons. The summed E-state index contributed by atoms with van der Waals surface area (Å²) in [6, 6.07) is 5.69. The number of carbonyl (C=O) groups excluding carboxylic acids is 1. The van der Waals surface area contributed by atoms with E-state index in [1.54, 1.807) is 0 Å². The van der Waals surface area contributed by atoms with Crippen LogP contribution in [0.25, 0.3) is 11.0 Å². The lowest BCUT2D eigenvalue weighted by Crippen LogP contribution is -2.29. The fourth-order valence-electron chi connectivity index (χ4n) is 1.93. The van der Waals surface area contributed by atoms with Crippen molar-refractivity contribution in [2.75, 3.05) is 19.7 Å². The molecule has 0 aliphatic carbocycles. The van der Waals surface area contributed by atoms with Crippen LogP contribution in [-0.4, -0.2) is 35.6 Å². The number of imidazole rings is 1. The van der Waals surface area contributed by atoms with Gasteiger partial charge in [-0.3, -0.25) is 4.79 Å². The summed E-state index contributed by atoms with van der Waals surface area (Å²) in [6.45, 7) is 5.47. The minimum absolute atomic E-state index is 0.0508. The molecule has 1 aromatic heterocycles. The van der Waals surface area contributed by atoms with Gasteiger partial charge in [0, 0.05) is 25.1 Å². The number of nitrogens with two attached hydrogens (primary N) is 1. The largest absolute Gasteiger partial charge is 0.493 e. The number of hydrogen-bond acceptors (Lipinski definition) is 4. The number of nitrogens with one attached hydrogen (secondary N) is 2. The Bertz CT molecular complexity index is 607. The van der Waals surface area contributed by atoms with E-state index in [0.29, 0.717) is 32.0 Å². The molecule has 0 bridgehead atoms. The molecule has 1 amide bonds. The molecule has 6 heteroatoms. The lowest BCUT2D eigenvalue weighted by Gasteiger charge is -2.06. The van der Waals surface area contributed by atoms with Crippen molar-refractivity contribution in [2.45, 2.75) is 26.2 Å². The number of nitrogens with zero attached hydrogens (tertiary/aromatic N) is 1. The zero-order valence-electron chi connectivity index (χ0n) is 12.5. The number of ether oxygens (including phenoxy) is 1. The highest BCUT2D eigenvalue weighted by Gasteiger charge is 2.07. The number of aromatic nitrogens is 2. The molecule has 0 unspecified atom stereocenters. The van der Waals surface area contributed by atoms with Crippen LogP contribution in [0.1, 0.15) is 32.0 Å². The van der Waals surface area contributed by atoms with Gasteiger partial charge in [0.25, 0.3) is 0 Å². The summed E-state index contributed by atoms with van der Waals surface area (Å²) >= 11 is 0. The molecule has 2 rings (SSSR count). The van der Waals surface area contributed by atoms with Crippen LogP contribution >= 0.6 is 0 Å². The normalized spacial score (nSPS) is 11.0. The van der Waals surface area contributed by atoms with Crippen LogP contribution in [-0.2, 0) is 4.79 Å². The summed E-state index contributed by atoms with van der Waals surface area (Å²) in [5.41, 5.74) is 7.19. The van der Waals surface area contributed by atoms with Crippen molar-refractivity contribution >= 4 is 16.9 Å². The molecule has 4 N–H and O–H groups in total. The first kappa shape index (κ1) is 15.3. The molecular weight excluding hydrogens is 268 g/mol. The number of H-pyrrole nitrogens is 1. The smallest absolute Gasteiger partial charge is 0.223 e. The Morgan fingerprint density at radius 2 is 2.29 bits per heavy atom. The van der Waals surface area contributed by atoms with Crippen molar-refractivity contribution in [3.05, 3.63) is 24.0 Å². The van der Waals surface area contributed by atoms with E-state index in [1.807, 2.05) is 18.2 Å². The highest BCUT2D eigenvalue weighted by atomic mass is 16.5. The maximum atomic E-state index is 11.4. The number of carbonyl (C=O) groups is 1. The van der Waals surface area contributed by atoms with E-state index in [2.05, 4.69) is 29.1 Å². The van der Waals surface area contributed by atoms with Gasteiger partial charge in [-0.2, -0.15) is 0 Å². The molecule has 21 heavy (non-hydrogen) atoms. The van der Waals surface area contributed by atoms with E-state index in [9.17, 15) is 4.79 Å². The van der Waals surface area contributed by atoms with E-state index in [4.69, 9.17) is 10.5 Å². The molecule has 0 saturated carbocycles. The van der Waals surface area contributed by atoms with E-state index >= 15 is 0 Å². The van der Waals surface area contributed by atoms with Crippen LogP contribution in [0.3, 0.4) is 0 Å². The summed E-state index contributed by atoms with van der Waals surface area (Å²) in [7, 11) is 0. The zero-order valence-corrected chi connectivity index (χ0v) is 12.5. The Balaban J connectivity index is 1.92. The van der Waals surface area contributed by atoms with Gasteiger partial charge in [-0.15, -0.1) is 0 Å². The molecule has 0 radical (unpaired) electrons. The molecule has 2 aromatic rings. The predicted molar refractivity (Wildman–Crippen MR) is 82.4 cm³/mol. The Kier molecular flexibility index (Phi) is 5.16. The minimum Gasteiger partial charge on any atom is -0.493 e. The van der Waals surface area contributed by atoms with Crippen molar-refractivity contribution in [2.24, 2.45) is 5.73 Å². The summed E-state index contributed by atoms with van der Waals surface area (Å²) < 4.78 is 5.59. The third-order valence-corrected chi connectivity index (χ3v) is 3.08. The third-order valence-electron chi connectivity index (χ3n) is 3.08. The number of hydrogen-bond donors (Lipinski definition) is 3. The van der Waals surface area contributed by atoms with Crippen LogP contribution in [0.15, 0.2) is 18.2 Å². The lowest BCUT2D eigenvalue weighted by molar-refractivity contribution is -0.121. The van der Waals surface area contributed by atoms with Crippen molar-refractivity contribution < 1.29 is 9.53 Å². The Morgan fingerprint density at radius 3 is 3.00 bits per heavy atom. The maximum absolute atomic E-state index is 11.4. The van der Waals surface area contributed by atoms with Gasteiger partial charge in [0.2, 0.25) is 5.91 Å². The van der Waals surface area contributed by atoms with Gasteiger partial charge in [0.1, 0.15) is 11.6 Å². The second-order valence-corrected chi connectivity index (χ2v) is 5.19. The standard InChI is InChI=1S/C15H22N4O2/c1-10(2)15-18-12-4-3-11(9-13(12)19-15)21-8-5-14(20)17-7-6-16/h3-4,9-10H,5-8,16H2,1-2H3,(H,17,20)(H,18,19). The summed E-state index contributed by atoms with van der Waals surface area (Å²) in [5, 5.41) is 2.70. The second-order valence-electron chi connectivity index (χ2n) is 5.19. The first-order chi connectivity index (χ1) is 10.1. The number of aromatic amines is 1. The minimum atomic E-state index is -0.0508. The number of amides is 1. The lowest BCUT2D eigenvalue weighted by atomic mass is 10.2. The number of benzene rings is 1.